The first kappa shape index (κ1) is 9.67. The van der Waals surface area contributed by atoms with E-state index in [4.69, 9.17) is 19.7 Å². The van der Waals surface area contributed by atoms with Gasteiger partial charge in [0.25, 0.3) is 0 Å². The SMILES string of the molecule is COCCOc1ccc(O)c(O)c1. The maximum absolute atomic E-state index is 9.10. The van der Waals surface area contributed by atoms with Gasteiger partial charge >= 0.3 is 0 Å². The van der Waals surface area contributed by atoms with Crippen molar-refractivity contribution in [3.8, 4) is 17.2 Å². The van der Waals surface area contributed by atoms with Crippen molar-refractivity contribution in [3.63, 3.8) is 0 Å². The molecule has 0 aromatic heterocycles. The van der Waals surface area contributed by atoms with Gasteiger partial charge in [0, 0.05) is 13.2 Å². The summed E-state index contributed by atoms with van der Waals surface area (Å²) in [6, 6.07) is 4.30. The molecule has 4 nitrogen and oxygen atoms in total. The molecule has 1 aromatic carbocycles. The Hall–Kier alpha value is -1.42. The van der Waals surface area contributed by atoms with Gasteiger partial charge in [0.15, 0.2) is 11.5 Å². The van der Waals surface area contributed by atoms with Gasteiger partial charge in [-0.1, -0.05) is 0 Å². The minimum atomic E-state index is -0.185. The largest absolute Gasteiger partial charge is 0.504 e. The Labute approximate surface area is 76.3 Å². The third-order valence-corrected chi connectivity index (χ3v) is 1.50. The lowest BCUT2D eigenvalue weighted by molar-refractivity contribution is 0.146. The molecule has 4 heteroatoms. The van der Waals surface area contributed by atoms with Crippen LogP contribution in [0.2, 0.25) is 0 Å². The van der Waals surface area contributed by atoms with Crippen LogP contribution in [-0.2, 0) is 4.74 Å². The topological polar surface area (TPSA) is 58.9 Å². The second-order valence-electron chi connectivity index (χ2n) is 2.49. The quantitative estimate of drug-likeness (QED) is 0.544. The Kier molecular flexibility index (Phi) is 3.40. The minimum Gasteiger partial charge on any atom is -0.504 e. The van der Waals surface area contributed by atoms with Crippen LogP contribution in [0.25, 0.3) is 0 Å². The maximum atomic E-state index is 9.10. The smallest absolute Gasteiger partial charge is 0.161 e. The van der Waals surface area contributed by atoms with Gasteiger partial charge in [0.05, 0.1) is 6.61 Å². The first-order chi connectivity index (χ1) is 6.24. The van der Waals surface area contributed by atoms with E-state index in [1.807, 2.05) is 0 Å². The highest BCUT2D eigenvalue weighted by Crippen LogP contribution is 2.28. The number of methoxy groups -OCH3 is 1. The van der Waals surface area contributed by atoms with Crippen LogP contribution >= 0.6 is 0 Å². The highest BCUT2D eigenvalue weighted by atomic mass is 16.5. The Morgan fingerprint density at radius 3 is 2.54 bits per heavy atom. The molecule has 13 heavy (non-hydrogen) atoms. The molecular weight excluding hydrogens is 172 g/mol. The molecule has 0 saturated carbocycles. The summed E-state index contributed by atoms with van der Waals surface area (Å²) < 4.78 is 9.97. The van der Waals surface area contributed by atoms with Crippen molar-refractivity contribution in [2.75, 3.05) is 20.3 Å². The van der Waals surface area contributed by atoms with E-state index in [0.29, 0.717) is 19.0 Å². The van der Waals surface area contributed by atoms with Crippen molar-refractivity contribution in [1.29, 1.82) is 0 Å². The van der Waals surface area contributed by atoms with E-state index >= 15 is 0 Å². The fourth-order valence-electron chi connectivity index (χ4n) is 0.836. The summed E-state index contributed by atoms with van der Waals surface area (Å²) in [6.07, 6.45) is 0. The first-order valence-corrected chi connectivity index (χ1v) is 3.87. The second kappa shape index (κ2) is 4.57. The molecule has 0 spiro atoms. The summed E-state index contributed by atoms with van der Waals surface area (Å²) in [5.74, 6) is 0.168. The summed E-state index contributed by atoms with van der Waals surface area (Å²) in [5, 5.41) is 18.1. The molecule has 0 atom stereocenters. The van der Waals surface area contributed by atoms with Crippen LogP contribution in [0, 0.1) is 0 Å². The normalized spacial score (nSPS) is 9.92. The van der Waals surface area contributed by atoms with E-state index in [1.165, 1.54) is 12.1 Å². The Morgan fingerprint density at radius 1 is 1.15 bits per heavy atom. The van der Waals surface area contributed by atoms with Crippen LogP contribution in [0.4, 0.5) is 0 Å². The maximum Gasteiger partial charge on any atom is 0.161 e. The minimum absolute atomic E-state index is 0.154. The highest BCUT2D eigenvalue weighted by Gasteiger charge is 2.00. The van der Waals surface area contributed by atoms with Gasteiger partial charge < -0.3 is 19.7 Å². The summed E-state index contributed by atoms with van der Waals surface area (Å²) in [4.78, 5) is 0. The molecule has 0 aliphatic heterocycles. The van der Waals surface area contributed by atoms with Gasteiger partial charge in [-0.15, -0.1) is 0 Å². The third kappa shape index (κ3) is 2.83. The van der Waals surface area contributed by atoms with Crippen LogP contribution in [0.3, 0.4) is 0 Å². The van der Waals surface area contributed by atoms with Gasteiger partial charge in [0.2, 0.25) is 0 Å². The summed E-state index contributed by atoms with van der Waals surface area (Å²) >= 11 is 0. The van der Waals surface area contributed by atoms with Crippen LogP contribution in [0.15, 0.2) is 18.2 Å². The van der Waals surface area contributed by atoms with Crippen molar-refractivity contribution < 1.29 is 19.7 Å². The molecule has 0 bridgehead atoms. The monoisotopic (exact) mass is 184 g/mol. The van der Waals surface area contributed by atoms with E-state index in [2.05, 4.69) is 0 Å². The molecule has 1 aromatic rings. The summed E-state index contributed by atoms with van der Waals surface area (Å²) in [5.41, 5.74) is 0. The average molecular weight is 184 g/mol. The molecule has 0 aliphatic rings. The van der Waals surface area contributed by atoms with Crippen LogP contribution < -0.4 is 4.74 Å². The third-order valence-electron chi connectivity index (χ3n) is 1.50. The molecule has 0 heterocycles. The number of benzene rings is 1. The zero-order valence-corrected chi connectivity index (χ0v) is 7.36. The highest BCUT2D eigenvalue weighted by molar-refractivity contribution is 5.43. The first-order valence-electron chi connectivity index (χ1n) is 3.87. The second-order valence-corrected chi connectivity index (χ2v) is 2.49. The average Bonchev–Trinajstić information content (AvgIpc) is 2.12. The zero-order valence-electron chi connectivity index (χ0n) is 7.36. The predicted octanol–water partition coefficient (Wildman–Crippen LogP) is 1.12. The van der Waals surface area contributed by atoms with Crippen LogP contribution in [0.5, 0.6) is 17.2 Å². The van der Waals surface area contributed by atoms with Crippen LogP contribution in [0.1, 0.15) is 0 Å². The number of rotatable bonds is 4. The van der Waals surface area contributed by atoms with Crippen molar-refractivity contribution in [3.05, 3.63) is 18.2 Å². The molecule has 0 aliphatic carbocycles. The standard InChI is InChI=1S/C9H12O4/c1-12-4-5-13-7-2-3-8(10)9(11)6-7/h2-3,6,10-11H,4-5H2,1H3. The van der Waals surface area contributed by atoms with Gasteiger partial charge in [0.1, 0.15) is 12.4 Å². The lowest BCUT2D eigenvalue weighted by Gasteiger charge is -2.05. The van der Waals surface area contributed by atoms with Crippen molar-refractivity contribution >= 4 is 0 Å². The molecule has 2 N–H and O–H groups in total. The van der Waals surface area contributed by atoms with Crippen molar-refractivity contribution in [2.24, 2.45) is 0 Å². The van der Waals surface area contributed by atoms with Gasteiger partial charge in [-0.3, -0.25) is 0 Å². The van der Waals surface area contributed by atoms with Gasteiger partial charge in [-0.05, 0) is 12.1 Å². The molecule has 0 unspecified atom stereocenters. The van der Waals surface area contributed by atoms with Gasteiger partial charge in [-0.2, -0.15) is 0 Å². The van der Waals surface area contributed by atoms with Gasteiger partial charge in [-0.25, -0.2) is 0 Å². The molecule has 0 saturated heterocycles. The molecule has 0 radical (unpaired) electrons. The molecular formula is C9H12O4. The number of phenols is 2. The fourth-order valence-corrected chi connectivity index (χ4v) is 0.836. The van der Waals surface area contributed by atoms with E-state index in [9.17, 15) is 0 Å². The number of aromatic hydroxyl groups is 2. The number of hydrogen-bond acceptors (Lipinski definition) is 4. The van der Waals surface area contributed by atoms with E-state index in [-0.39, 0.29) is 11.5 Å². The number of hydrogen-bond donors (Lipinski definition) is 2. The number of ether oxygens (including phenoxy) is 2. The lowest BCUT2D eigenvalue weighted by Crippen LogP contribution is -2.03. The summed E-state index contributed by atoms with van der Waals surface area (Å²) in [7, 11) is 1.58. The van der Waals surface area contributed by atoms with E-state index in [1.54, 1.807) is 13.2 Å². The Balaban J connectivity index is 2.53. The lowest BCUT2D eigenvalue weighted by atomic mass is 10.3. The zero-order chi connectivity index (χ0) is 9.68. The molecule has 0 fully saturated rings. The van der Waals surface area contributed by atoms with Crippen LogP contribution in [-0.4, -0.2) is 30.5 Å². The predicted molar refractivity (Wildman–Crippen MR) is 47.1 cm³/mol. The summed E-state index contributed by atoms with van der Waals surface area (Å²) in [6.45, 7) is 0.905. The number of phenolic OH excluding ortho intramolecular Hbond substituents is 2. The Bertz CT molecular complexity index is 272. The molecule has 72 valence electrons. The molecule has 1 rings (SSSR count). The molecule has 0 amide bonds. The van der Waals surface area contributed by atoms with E-state index in [0.717, 1.165) is 0 Å². The Morgan fingerprint density at radius 2 is 1.92 bits per heavy atom. The van der Waals surface area contributed by atoms with Crippen molar-refractivity contribution in [1.82, 2.24) is 0 Å². The van der Waals surface area contributed by atoms with Crippen molar-refractivity contribution in [2.45, 2.75) is 0 Å². The van der Waals surface area contributed by atoms with E-state index < -0.39 is 0 Å². The fraction of sp³-hybridized carbons (Fsp3) is 0.333.